The summed E-state index contributed by atoms with van der Waals surface area (Å²) in [5.41, 5.74) is 2.12. The lowest BCUT2D eigenvalue weighted by atomic mass is 10.2. The summed E-state index contributed by atoms with van der Waals surface area (Å²) < 4.78 is 12.9. The Kier molecular flexibility index (Phi) is 6.19. The molecule has 0 aliphatic heterocycles. The van der Waals surface area contributed by atoms with Crippen LogP contribution >= 0.6 is 0 Å². The molecule has 0 unspecified atom stereocenters. The normalized spacial score (nSPS) is 12.3. The third-order valence-electron chi connectivity index (χ3n) is 5.88. The first-order valence-electron chi connectivity index (χ1n) is 11.6. The second kappa shape index (κ2) is 9.62. The topological polar surface area (TPSA) is 110 Å². The van der Waals surface area contributed by atoms with E-state index in [-0.39, 0.29) is 11.4 Å². The molecule has 5 aromatic rings. The molecule has 37 heavy (non-hydrogen) atoms. The maximum Gasteiger partial charge on any atom is 0.344 e. The van der Waals surface area contributed by atoms with Crippen molar-refractivity contribution in [2.75, 3.05) is 19.0 Å². The first kappa shape index (κ1) is 23.8. The van der Waals surface area contributed by atoms with Gasteiger partial charge in [0.15, 0.2) is 11.9 Å². The summed E-state index contributed by atoms with van der Waals surface area (Å²) in [5, 5.41) is 15.1. The van der Waals surface area contributed by atoms with Gasteiger partial charge in [-0.05, 0) is 43.3 Å². The molecule has 9 heteroatoms. The van der Waals surface area contributed by atoms with Gasteiger partial charge in [0, 0.05) is 36.8 Å². The van der Waals surface area contributed by atoms with Gasteiger partial charge in [-0.2, -0.15) is 9.78 Å². The molecule has 2 heterocycles. The van der Waals surface area contributed by atoms with Crippen molar-refractivity contribution in [3.63, 3.8) is 0 Å². The third kappa shape index (κ3) is 4.66. The Morgan fingerprint density at radius 1 is 1.11 bits per heavy atom. The zero-order valence-corrected chi connectivity index (χ0v) is 20.5. The van der Waals surface area contributed by atoms with E-state index in [1.807, 2.05) is 61.5 Å². The molecule has 0 saturated heterocycles. The van der Waals surface area contributed by atoms with Crippen LogP contribution in [0.2, 0.25) is 0 Å². The molecule has 0 aliphatic carbocycles. The highest BCUT2D eigenvalue weighted by Crippen LogP contribution is 2.28. The van der Waals surface area contributed by atoms with Gasteiger partial charge in [0.05, 0.1) is 17.1 Å². The summed E-state index contributed by atoms with van der Waals surface area (Å²) in [7, 11) is 3.74. The van der Waals surface area contributed by atoms with Crippen LogP contribution in [-0.2, 0) is 4.79 Å². The average Bonchev–Trinajstić information content (AvgIpc) is 3.32. The van der Waals surface area contributed by atoms with E-state index in [0.717, 1.165) is 11.1 Å². The van der Waals surface area contributed by atoms with E-state index < -0.39 is 12.1 Å². The summed E-state index contributed by atoms with van der Waals surface area (Å²) in [4.78, 5) is 31.5. The van der Waals surface area contributed by atoms with Gasteiger partial charge in [-0.25, -0.2) is 9.78 Å². The number of anilines is 1. The molecule has 0 fully saturated rings. The Balaban J connectivity index is 1.67. The molecule has 0 radical (unpaired) electrons. The number of hydrogen-bond donors (Lipinski definition) is 1. The number of carbonyl (C=O) groups is 1. The van der Waals surface area contributed by atoms with Crippen LogP contribution < -0.4 is 15.2 Å². The zero-order chi connectivity index (χ0) is 26.1. The van der Waals surface area contributed by atoms with Gasteiger partial charge < -0.3 is 19.2 Å². The van der Waals surface area contributed by atoms with Crippen molar-refractivity contribution in [1.29, 1.82) is 0 Å². The number of furan rings is 1. The second-order valence-electron chi connectivity index (χ2n) is 8.68. The number of carboxylic acid groups (broad SMARTS) is 1. The van der Waals surface area contributed by atoms with Gasteiger partial charge in [-0.1, -0.05) is 30.3 Å². The molecular weight excluding hydrogens is 472 g/mol. The first-order chi connectivity index (χ1) is 17.8. The number of hydrogen-bond acceptors (Lipinski definition) is 7. The van der Waals surface area contributed by atoms with Gasteiger partial charge in [0.2, 0.25) is 5.82 Å². The molecule has 0 aliphatic rings. The van der Waals surface area contributed by atoms with E-state index >= 15 is 0 Å². The molecule has 3 aromatic carbocycles. The predicted octanol–water partition coefficient (Wildman–Crippen LogP) is 4.61. The van der Waals surface area contributed by atoms with Crippen LogP contribution in [0.15, 0.2) is 87.1 Å². The predicted molar refractivity (Wildman–Crippen MR) is 143 cm³/mol. The van der Waals surface area contributed by atoms with Crippen molar-refractivity contribution in [3.8, 4) is 17.3 Å². The second-order valence-corrected chi connectivity index (χ2v) is 8.68. The highest BCUT2D eigenvalue weighted by Gasteiger charge is 2.18. The van der Waals surface area contributed by atoms with Gasteiger partial charge >= 0.3 is 5.97 Å². The lowest BCUT2D eigenvalue weighted by Crippen LogP contribution is -2.24. The van der Waals surface area contributed by atoms with Gasteiger partial charge in [0.25, 0.3) is 5.56 Å². The number of ether oxygens (including phenoxy) is 1. The summed E-state index contributed by atoms with van der Waals surface area (Å²) in [6.45, 7) is 1.45. The average molecular weight is 497 g/mol. The van der Waals surface area contributed by atoms with Crippen molar-refractivity contribution >= 4 is 39.7 Å². The lowest BCUT2D eigenvalue weighted by Gasteiger charge is -2.17. The molecule has 1 N–H and O–H groups in total. The molecule has 0 saturated carbocycles. The number of benzene rings is 3. The van der Waals surface area contributed by atoms with Gasteiger partial charge in [0.1, 0.15) is 11.3 Å². The van der Waals surface area contributed by atoms with Crippen molar-refractivity contribution < 1.29 is 19.1 Å². The molecule has 0 spiro atoms. The number of aromatic nitrogens is 2. The third-order valence-corrected chi connectivity index (χ3v) is 5.88. The molecule has 1 atom stereocenters. The van der Waals surface area contributed by atoms with Crippen LogP contribution in [0.3, 0.4) is 0 Å². The summed E-state index contributed by atoms with van der Waals surface area (Å²) in [5.74, 6) is -0.153. The van der Waals surface area contributed by atoms with Crippen molar-refractivity contribution in [2.45, 2.75) is 13.0 Å². The van der Waals surface area contributed by atoms with E-state index in [1.54, 1.807) is 30.3 Å². The van der Waals surface area contributed by atoms with Crippen molar-refractivity contribution in [2.24, 2.45) is 5.10 Å². The molecule has 5 rings (SSSR count). The Morgan fingerprint density at radius 3 is 2.62 bits per heavy atom. The van der Waals surface area contributed by atoms with E-state index in [2.05, 4.69) is 10.1 Å². The smallest absolute Gasteiger partial charge is 0.344 e. The fraction of sp³-hybridized carbons (Fsp3) is 0.143. The molecule has 9 nitrogen and oxygen atoms in total. The Labute approximate surface area is 211 Å². The Bertz CT molecular complexity index is 1680. The monoisotopic (exact) mass is 496 g/mol. The number of aliphatic carboxylic acids is 1. The van der Waals surface area contributed by atoms with Crippen LogP contribution in [0, 0.1) is 0 Å². The number of rotatable bonds is 7. The van der Waals surface area contributed by atoms with Crippen LogP contribution in [0.4, 0.5) is 5.69 Å². The van der Waals surface area contributed by atoms with Crippen molar-refractivity contribution in [3.05, 3.63) is 88.7 Å². The lowest BCUT2D eigenvalue weighted by molar-refractivity contribution is -0.144. The zero-order valence-electron chi connectivity index (χ0n) is 20.5. The van der Waals surface area contributed by atoms with Crippen LogP contribution in [0.25, 0.3) is 33.5 Å². The summed E-state index contributed by atoms with van der Waals surface area (Å²) in [6.07, 6.45) is 0.369. The van der Waals surface area contributed by atoms with E-state index in [1.165, 1.54) is 17.8 Å². The van der Waals surface area contributed by atoms with Gasteiger partial charge in [-0.3, -0.25) is 4.79 Å². The van der Waals surface area contributed by atoms with Crippen LogP contribution in [-0.4, -0.2) is 47.1 Å². The SMILES string of the molecule is C[C@H](Oc1cc(N(C)C)ccc1C=Nn1c(-c2cc3ccccc3o2)nc2ccccc2c1=O)C(=O)O. The maximum absolute atomic E-state index is 13.5. The van der Waals surface area contributed by atoms with E-state index in [9.17, 15) is 14.7 Å². The fourth-order valence-corrected chi connectivity index (χ4v) is 3.85. The summed E-state index contributed by atoms with van der Waals surface area (Å²) in [6, 6.07) is 21.7. The minimum Gasteiger partial charge on any atom is -0.479 e. The van der Waals surface area contributed by atoms with Crippen LogP contribution in [0.5, 0.6) is 5.75 Å². The molecule has 186 valence electrons. The fourth-order valence-electron chi connectivity index (χ4n) is 3.85. The Morgan fingerprint density at radius 2 is 1.86 bits per heavy atom. The molecule has 0 bridgehead atoms. The van der Waals surface area contributed by atoms with Crippen molar-refractivity contribution in [1.82, 2.24) is 9.66 Å². The highest BCUT2D eigenvalue weighted by atomic mass is 16.5. The minimum absolute atomic E-state index is 0.238. The minimum atomic E-state index is -1.10. The molecule has 2 aromatic heterocycles. The molecule has 0 amide bonds. The largest absolute Gasteiger partial charge is 0.479 e. The van der Waals surface area contributed by atoms with E-state index in [0.29, 0.717) is 33.6 Å². The molecular formula is C28H24N4O5. The quantitative estimate of drug-likeness (QED) is 0.328. The first-order valence-corrected chi connectivity index (χ1v) is 11.6. The number of carboxylic acids is 1. The van der Waals surface area contributed by atoms with E-state index in [4.69, 9.17) is 9.15 Å². The number of para-hydroxylation sites is 2. The highest BCUT2D eigenvalue weighted by molar-refractivity contribution is 5.87. The Hall–Kier alpha value is -4.92. The number of fused-ring (bicyclic) bond motifs is 2. The standard InChI is InChI=1S/C28H24N4O5/c1-17(28(34)35)36-24-15-20(31(2)3)13-12-19(24)16-29-32-26(25-14-18-8-4-7-11-23(18)37-25)30-22-10-6-5-9-21(22)27(32)33/h4-17H,1-3H3,(H,34,35)/t17-/m0/s1. The number of nitrogens with zero attached hydrogens (tertiary/aromatic N) is 4. The van der Waals surface area contributed by atoms with Gasteiger partial charge in [-0.15, -0.1) is 0 Å². The summed E-state index contributed by atoms with van der Waals surface area (Å²) >= 11 is 0. The maximum atomic E-state index is 13.5. The van der Waals surface area contributed by atoms with Crippen LogP contribution in [0.1, 0.15) is 12.5 Å².